The monoisotopic (exact) mass is 468 g/mol. The lowest BCUT2D eigenvalue weighted by molar-refractivity contribution is -0.111. The van der Waals surface area contributed by atoms with E-state index in [4.69, 9.17) is 9.47 Å². The highest BCUT2D eigenvalue weighted by Crippen LogP contribution is 2.25. The number of hydrogen-bond acceptors (Lipinski definition) is 7. The minimum absolute atomic E-state index is 0.00368. The zero-order valence-corrected chi connectivity index (χ0v) is 19.4. The number of benzene rings is 2. The molecule has 0 saturated heterocycles. The number of hydrogen-bond donors (Lipinski definition) is 2. The standard InChI is InChI=1S/C23H24N4O5S/c1-15-13-16(2)25-23(24-15)27-33(29,30)20-10-7-18(8-11-20)26-22(28)12-6-17-5-9-19(31-3)14-21(17)32-4/h5-14H,1-4H3,(H,26,28)(H,24,25,27)/b12-6+. The Morgan fingerprint density at radius 3 is 2.21 bits per heavy atom. The van der Waals surface area contributed by atoms with Crippen LogP contribution in [0.4, 0.5) is 11.6 Å². The SMILES string of the molecule is COc1ccc(/C=C/C(=O)Nc2ccc(S(=O)(=O)Nc3nc(C)cc(C)n3)cc2)c(OC)c1. The first kappa shape index (κ1) is 23.7. The predicted octanol–water partition coefficient (Wildman–Crippen LogP) is 3.56. The van der Waals surface area contributed by atoms with Crippen LogP contribution in [0.3, 0.4) is 0 Å². The zero-order valence-electron chi connectivity index (χ0n) is 18.6. The molecule has 33 heavy (non-hydrogen) atoms. The molecular formula is C23H24N4O5S. The normalized spacial score (nSPS) is 11.3. The molecule has 0 aliphatic rings. The van der Waals surface area contributed by atoms with Crippen molar-refractivity contribution in [3.8, 4) is 11.5 Å². The van der Waals surface area contributed by atoms with E-state index in [0.717, 1.165) is 0 Å². The maximum absolute atomic E-state index is 12.6. The molecule has 2 aromatic carbocycles. The van der Waals surface area contributed by atoms with Crippen LogP contribution in [0.15, 0.2) is 59.5 Å². The summed E-state index contributed by atoms with van der Waals surface area (Å²) < 4.78 is 38.1. The molecule has 0 radical (unpaired) electrons. The van der Waals surface area contributed by atoms with E-state index < -0.39 is 10.0 Å². The van der Waals surface area contributed by atoms with Gasteiger partial charge in [-0.05, 0) is 62.4 Å². The van der Waals surface area contributed by atoms with E-state index in [-0.39, 0.29) is 16.8 Å². The molecule has 0 fully saturated rings. The zero-order chi connectivity index (χ0) is 24.0. The fraction of sp³-hybridized carbons (Fsp3) is 0.174. The molecule has 0 aliphatic carbocycles. The molecule has 0 atom stereocenters. The molecule has 1 aromatic heterocycles. The van der Waals surface area contributed by atoms with Gasteiger partial charge in [0.25, 0.3) is 10.0 Å². The highest BCUT2D eigenvalue weighted by molar-refractivity contribution is 7.92. The van der Waals surface area contributed by atoms with E-state index in [1.54, 1.807) is 51.3 Å². The van der Waals surface area contributed by atoms with Crippen LogP contribution >= 0.6 is 0 Å². The topological polar surface area (TPSA) is 120 Å². The summed E-state index contributed by atoms with van der Waals surface area (Å²) in [6.45, 7) is 3.51. The van der Waals surface area contributed by atoms with Crippen molar-refractivity contribution in [2.24, 2.45) is 0 Å². The van der Waals surface area contributed by atoms with Crippen LogP contribution in [-0.2, 0) is 14.8 Å². The Morgan fingerprint density at radius 2 is 1.61 bits per heavy atom. The first-order valence-corrected chi connectivity index (χ1v) is 11.3. The molecule has 0 spiro atoms. The van der Waals surface area contributed by atoms with Crippen LogP contribution in [0.25, 0.3) is 6.08 Å². The van der Waals surface area contributed by atoms with Gasteiger partial charge in [-0.3, -0.25) is 4.79 Å². The molecule has 3 aromatic rings. The average Bonchev–Trinajstić information content (AvgIpc) is 2.77. The third-order valence-corrected chi connectivity index (χ3v) is 5.84. The summed E-state index contributed by atoms with van der Waals surface area (Å²) in [7, 11) is -0.790. The molecule has 0 saturated carbocycles. The molecule has 9 nitrogen and oxygen atoms in total. The number of carbonyl (C=O) groups is 1. The maximum Gasteiger partial charge on any atom is 0.264 e. The fourth-order valence-corrected chi connectivity index (χ4v) is 3.92. The third-order valence-electron chi connectivity index (χ3n) is 4.50. The van der Waals surface area contributed by atoms with Gasteiger partial charge in [-0.15, -0.1) is 0 Å². The second-order valence-corrected chi connectivity index (χ2v) is 8.72. The molecule has 2 N–H and O–H groups in total. The van der Waals surface area contributed by atoms with Gasteiger partial charge in [-0.25, -0.2) is 23.1 Å². The van der Waals surface area contributed by atoms with E-state index in [1.165, 1.54) is 37.5 Å². The van der Waals surface area contributed by atoms with Crippen molar-refractivity contribution >= 4 is 33.6 Å². The van der Waals surface area contributed by atoms with Crippen LogP contribution in [0.5, 0.6) is 11.5 Å². The predicted molar refractivity (Wildman–Crippen MR) is 126 cm³/mol. The summed E-state index contributed by atoms with van der Waals surface area (Å²) in [6.07, 6.45) is 2.97. The Bertz CT molecular complexity index is 1270. The number of amides is 1. The van der Waals surface area contributed by atoms with E-state index in [2.05, 4.69) is 20.0 Å². The maximum atomic E-state index is 12.6. The number of nitrogens with one attached hydrogen (secondary N) is 2. The van der Waals surface area contributed by atoms with Gasteiger partial charge in [0.15, 0.2) is 0 Å². The van der Waals surface area contributed by atoms with Crippen LogP contribution in [-0.4, -0.2) is 38.5 Å². The Morgan fingerprint density at radius 1 is 0.939 bits per heavy atom. The van der Waals surface area contributed by atoms with Crippen LogP contribution in [0.2, 0.25) is 0 Å². The van der Waals surface area contributed by atoms with E-state index in [9.17, 15) is 13.2 Å². The molecule has 0 bridgehead atoms. The minimum atomic E-state index is -3.88. The Kier molecular flexibility index (Phi) is 7.29. The third kappa shape index (κ3) is 6.30. The van der Waals surface area contributed by atoms with Crippen LogP contribution in [0.1, 0.15) is 17.0 Å². The van der Waals surface area contributed by atoms with Crippen molar-refractivity contribution in [2.45, 2.75) is 18.7 Å². The quantitative estimate of drug-likeness (QED) is 0.485. The Hall–Kier alpha value is -3.92. The minimum Gasteiger partial charge on any atom is -0.497 e. The molecule has 0 aliphatic heterocycles. The smallest absolute Gasteiger partial charge is 0.264 e. The number of ether oxygens (including phenoxy) is 2. The fourth-order valence-electron chi connectivity index (χ4n) is 2.97. The number of rotatable bonds is 8. The van der Waals surface area contributed by atoms with Crippen molar-refractivity contribution in [1.82, 2.24) is 9.97 Å². The van der Waals surface area contributed by atoms with Crippen molar-refractivity contribution in [2.75, 3.05) is 24.3 Å². The number of aromatic nitrogens is 2. The molecular weight excluding hydrogens is 444 g/mol. The van der Waals surface area contributed by atoms with Gasteiger partial charge in [0.2, 0.25) is 11.9 Å². The van der Waals surface area contributed by atoms with Crippen molar-refractivity contribution in [3.63, 3.8) is 0 Å². The summed E-state index contributed by atoms with van der Waals surface area (Å²) in [5.74, 6) is 0.824. The molecule has 10 heteroatoms. The van der Waals surface area contributed by atoms with Gasteiger partial charge in [0.1, 0.15) is 11.5 Å². The summed E-state index contributed by atoms with van der Waals surface area (Å²) >= 11 is 0. The van der Waals surface area contributed by atoms with Gasteiger partial charge in [0.05, 0.1) is 19.1 Å². The molecule has 0 unspecified atom stereocenters. The first-order valence-electron chi connectivity index (χ1n) is 9.86. The molecule has 1 amide bonds. The van der Waals surface area contributed by atoms with E-state index >= 15 is 0 Å². The van der Waals surface area contributed by atoms with Gasteiger partial charge in [-0.2, -0.15) is 0 Å². The van der Waals surface area contributed by atoms with E-state index in [1.807, 2.05) is 0 Å². The van der Waals surface area contributed by atoms with Crippen LogP contribution in [0, 0.1) is 13.8 Å². The number of sulfonamides is 1. The van der Waals surface area contributed by atoms with Crippen molar-refractivity contribution in [1.29, 1.82) is 0 Å². The highest BCUT2D eigenvalue weighted by atomic mass is 32.2. The average molecular weight is 469 g/mol. The van der Waals surface area contributed by atoms with Gasteiger partial charge in [-0.1, -0.05) is 0 Å². The van der Waals surface area contributed by atoms with Crippen molar-refractivity contribution < 1.29 is 22.7 Å². The number of nitrogens with zero attached hydrogens (tertiary/aromatic N) is 2. The lowest BCUT2D eigenvalue weighted by Gasteiger charge is -2.09. The summed E-state index contributed by atoms with van der Waals surface area (Å²) in [6, 6.07) is 12.8. The largest absolute Gasteiger partial charge is 0.497 e. The number of methoxy groups -OCH3 is 2. The number of carbonyl (C=O) groups excluding carboxylic acids is 1. The molecule has 3 rings (SSSR count). The van der Waals surface area contributed by atoms with Gasteiger partial charge in [0, 0.05) is 34.8 Å². The number of anilines is 2. The van der Waals surface area contributed by atoms with Crippen molar-refractivity contribution in [3.05, 3.63) is 71.6 Å². The first-order chi connectivity index (χ1) is 15.7. The summed E-state index contributed by atoms with van der Waals surface area (Å²) in [4.78, 5) is 20.5. The Labute approximate surface area is 192 Å². The molecule has 172 valence electrons. The molecule has 1 heterocycles. The highest BCUT2D eigenvalue weighted by Gasteiger charge is 2.16. The Balaban J connectivity index is 1.67. The number of aryl methyl sites for hydroxylation is 2. The van der Waals surface area contributed by atoms with Gasteiger partial charge < -0.3 is 14.8 Å². The summed E-state index contributed by atoms with van der Waals surface area (Å²) in [5, 5.41) is 2.68. The lowest BCUT2D eigenvalue weighted by atomic mass is 10.1. The van der Waals surface area contributed by atoms with Gasteiger partial charge >= 0.3 is 0 Å². The van der Waals surface area contributed by atoms with E-state index in [0.29, 0.717) is 34.1 Å². The second kappa shape index (κ2) is 10.1. The van der Waals surface area contributed by atoms with Crippen LogP contribution < -0.4 is 19.5 Å². The lowest BCUT2D eigenvalue weighted by Crippen LogP contribution is -2.16. The second-order valence-electron chi connectivity index (χ2n) is 7.03. The summed E-state index contributed by atoms with van der Waals surface area (Å²) in [5.41, 5.74) is 2.44.